The van der Waals surface area contributed by atoms with Crippen molar-refractivity contribution in [2.75, 3.05) is 0 Å². The number of hydrogen-bond acceptors (Lipinski definition) is 3. The second kappa shape index (κ2) is 7.37. The molecule has 4 aromatic heterocycles. The molecule has 9 rings (SSSR count). The van der Waals surface area contributed by atoms with E-state index in [1.165, 1.54) is 48.2 Å². The molecule has 0 spiro atoms. The summed E-state index contributed by atoms with van der Waals surface area (Å²) in [4.78, 5) is 10.6. The zero-order valence-electron chi connectivity index (χ0n) is 20.2. The lowest BCUT2D eigenvalue weighted by atomic mass is 10.0. The highest BCUT2D eigenvalue weighted by atomic mass is 32.1. The van der Waals surface area contributed by atoms with Gasteiger partial charge in [0.05, 0.1) is 32.5 Å². The lowest BCUT2D eigenvalue weighted by Gasteiger charge is -2.09. The van der Waals surface area contributed by atoms with Gasteiger partial charge in [-0.15, -0.1) is 11.3 Å². The van der Waals surface area contributed by atoms with Crippen LogP contribution in [0.5, 0.6) is 0 Å². The molecule has 38 heavy (non-hydrogen) atoms. The molecule has 0 fully saturated rings. The van der Waals surface area contributed by atoms with Gasteiger partial charge in [-0.25, -0.2) is 9.97 Å². The second-order valence-corrected chi connectivity index (χ2v) is 10.8. The van der Waals surface area contributed by atoms with Crippen LogP contribution in [0, 0.1) is 0 Å². The van der Waals surface area contributed by atoms with Gasteiger partial charge in [-0.05, 0) is 24.3 Å². The zero-order chi connectivity index (χ0) is 24.8. The Hall–Kier alpha value is -4.80. The van der Waals surface area contributed by atoms with Gasteiger partial charge in [-0.3, -0.25) is 0 Å². The third kappa shape index (κ3) is 2.57. The largest absolute Gasteiger partial charge is 0.308 e. The van der Waals surface area contributed by atoms with Gasteiger partial charge >= 0.3 is 0 Å². The average molecular weight is 502 g/mol. The van der Waals surface area contributed by atoms with Crippen LogP contribution in [0.15, 0.2) is 115 Å². The lowest BCUT2D eigenvalue weighted by Crippen LogP contribution is -1.94. The Morgan fingerprint density at radius 1 is 0.553 bits per heavy atom. The molecule has 3 nitrogen and oxygen atoms in total. The first-order valence-corrected chi connectivity index (χ1v) is 13.6. The van der Waals surface area contributed by atoms with Gasteiger partial charge in [-0.1, -0.05) is 91.0 Å². The summed E-state index contributed by atoms with van der Waals surface area (Å²) in [6.07, 6.45) is 0. The molecule has 0 amide bonds. The molecule has 0 saturated carbocycles. The summed E-state index contributed by atoms with van der Waals surface area (Å²) in [5, 5.41) is 6.16. The molecular formula is C34H19N3S. The maximum absolute atomic E-state index is 5.29. The fourth-order valence-electron chi connectivity index (χ4n) is 6.15. The monoisotopic (exact) mass is 501 g/mol. The number of fused-ring (bicyclic) bond motifs is 9. The van der Waals surface area contributed by atoms with E-state index in [0.29, 0.717) is 0 Å². The van der Waals surface area contributed by atoms with E-state index >= 15 is 0 Å². The Morgan fingerprint density at radius 2 is 1.24 bits per heavy atom. The van der Waals surface area contributed by atoms with E-state index in [1.807, 2.05) is 0 Å². The fraction of sp³-hybridized carbons (Fsp3) is 0. The Kier molecular flexibility index (Phi) is 3.93. The van der Waals surface area contributed by atoms with E-state index in [0.717, 1.165) is 32.9 Å². The van der Waals surface area contributed by atoms with Gasteiger partial charge in [0.1, 0.15) is 0 Å². The van der Waals surface area contributed by atoms with E-state index in [4.69, 9.17) is 9.97 Å². The number of hydrogen-bond donors (Lipinski definition) is 0. The molecule has 176 valence electrons. The van der Waals surface area contributed by atoms with E-state index in [2.05, 4.69) is 120 Å². The Labute approximate surface area is 221 Å². The Balaban J connectivity index is 1.47. The van der Waals surface area contributed by atoms with Crippen LogP contribution in [-0.4, -0.2) is 14.4 Å². The van der Waals surface area contributed by atoms with Crippen molar-refractivity contribution in [2.45, 2.75) is 0 Å². The van der Waals surface area contributed by atoms with Crippen molar-refractivity contribution in [3.05, 3.63) is 115 Å². The summed E-state index contributed by atoms with van der Waals surface area (Å²) in [7, 11) is 0. The number of benzene rings is 5. The highest BCUT2D eigenvalue weighted by Gasteiger charge is 2.23. The van der Waals surface area contributed by atoms with Crippen molar-refractivity contribution in [3.63, 3.8) is 0 Å². The van der Waals surface area contributed by atoms with E-state index in [9.17, 15) is 0 Å². The molecule has 9 aromatic rings. The minimum Gasteiger partial charge on any atom is -0.308 e. The molecule has 0 aliphatic rings. The van der Waals surface area contributed by atoms with E-state index < -0.39 is 0 Å². The van der Waals surface area contributed by atoms with Crippen molar-refractivity contribution >= 4 is 69.7 Å². The van der Waals surface area contributed by atoms with Crippen LogP contribution in [0.3, 0.4) is 0 Å². The van der Waals surface area contributed by atoms with Crippen molar-refractivity contribution in [3.8, 4) is 22.6 Å². The van der Waals surface area contributed by atoms with Gasteiger partial charge in [-0.2, -0.15) is 0 Å². The number of aromatic nitrogens is 3. The van der Waals surface area contributed by atoms with Crippen molar-refractivity contribution in [2.24, 2.45) is 0 Å². The van der Waals surface area contributed by atoms with Crippen LogP contribution >= 0.6 is 11.3 Å². The molecule has 4 heteroatoms. The van der Waals surface area contributed by atoms with Crippen molar-refractivity contribution in [1.82, 2.24) is 14.4 Å². The quantitative estimate of drug-likeness (QED) is 0.236. The van der Waals surface area contributed by atoms with Crippen LogP contribution in [-0.2, 0) is 0 Å². The highest BCUT2D eigenvalue weighted by molar-refractivity contribution is 7.26. The van der Waals surface area contributed by atoms with Crippen LogP contribution in [0.2, 0.25) is 0 Å². The molecule has 0 radical (unpaired) electrons. The summed E-state index contributed by atoms with van der Waals surface area (Å²) in [5.74, 6) is 0.769. The maximum atomic E-state index is 5.29. The molecule has 0 aliphatic carbocycles. The third-order valence-electron chi connectivity index (χ3n) is 7.76. The smallest absolute Gasteiger partial charge is 0.161 e. The fourth-order valence-corrected chi connectivity index (χ4v) is 7.30. The molecule has 0 unspecified atom stereocenters. The minimum atomic E-state index is 0.769. The van der Waals surface area contributed by atoms with Crippen LogP contribution in [0.25, 0.3) is 81.0 Å². The first-order chi connectivity index (χ1) is 18.9. The second-order valence-electron chi connectivity index (χ2n) is 9.79. The average Bonchev–Trinajstić information content (AvgIpc) is 3.64. The summed E-state index contributed by atoms with van der Waals surface area (Å²) in [5.41, 5.74) is 7.88. The van der Waals surface area contributed by atoms with Crippen molar-refractivity contribution in [1.29, 1.82) is 0 Å². The molecule has 5 aromatic carbocycles. The van der Waals surface area contributed by atoms with Crippen LogP contribution in [0.4, 0.5) is 0 Å². The molecule has 0 bridgehead atoms. The van der Waals surface area contributed by atoms with Crippen LogP contribution in [0.1, 0.15) is 0 Å². The van der Waals surface area contributed by atoms with E-state index in [-0.39, 0.29) is 0 Å². The van der Waals surface area contributed by atoms with Gasteiger partial charge < -0.3 is 4.40 Å². The van der Waals surface area contributed by atoms with Gasteiger partial charge in [0.25, 0.3) is 0 Å². The molecule has 0 saturated heterocycles. The predicted molar refractivity (Wildman–Crippen MR) is 160 cm³/mol. The summed E-state index contributed by atoms with van der Waals surface area (Å²) >= 11 is 1.77. The van der Waals surface area contributed by atoms with Gasteiger partial charge in [0, 0.05) is 42.8 Å². The topological polar surface area (TPSA) is 30.2 Å². The Bertz CT molecular complexity index is 2340. The number of para-hydroxylation sites is 2. The molecular weight excluding hydrogens is 482 g/mol. The molecule has 0 N–H and O–H groups in total. The normalized spacial score (nSPS) is 12.2. The van der Waals surface area contributed by atoms with E-state index in [1.54, 1.807) is 11.3 Å². The first-order valence-electron chi connectivity index (χ1n) is 12.8. The molecule has 4 heterocycles. The standard InChI is InChI=1S/C34H19N3S/c1-2-10-20(11-3-1)30-33-31(24-14-6-9-17-28(24)38-33)36-34(35-30)25-19-18-22-21-12-4-7-15-26(21)37-27-16-8-5-13-23(27)29(25)32(22)37/h1-19H. The number of nitrogens with zero attached hydrogens (tertiary/aromatic N) is 3. The highest BCUT2D eigenvalue weighted by Crippen LogP contribution is 2.44. The first kappa shape index (κ1) is 20.3. The van der Waals surface area contributed by atoms with Gasteiger partial charge in [0.2, 0.25) is 0 Å². The minimum absolute atomic E-state index is 0.769. The zero-order valence-corrected chi connectivity index (χ0v) is 21.0. The number of thiophene rings is 1. The van der Waals surface area contributed by atoms with Gasteiger partial charge in [0.15, 0.2) is 5.82 Å². The molecule has 0 atom stereocenters. The lowest BCUT2D eigenvalue weighted by molar-refractivity contribution is 1.25. The maximum Gasteiger partial charge on any atom is 0.161 e. The third-order valence-corrected chi connectivity index (χ3v) is 8.93. The molecule has 0 aliphatic heterocycles. The summed E-state index contributed by atoms with van der Waals surface area (Å²) in [6, 6.07) is 40.9. The summed E-state index contributed by atoms with van der Waals surface area (Å²) in [6.45, 7) is 0. The number of rotatable bonds is 2. The van der Waals surface area contributed by atoms with Crippen molar-refractivity contribution < 1.29 is 0 Å². The summed E-state index contributed by atoms with van der Waals surface area (Å²) < 4.78 is 4.78. The SMILES string of the molecule is c1ccc(-c2nc(-c3ccc4c5ccccc5n5c6ccccc6c3c45)nc3c2sc2ccccc23)cc1. The Morgan fingerprint density at radius 3 is 2.08 bits per heavy atom. The predicted octanol–water partition coefficient (Wildman–Crippen LogP) is 9.33. The van der Waals surface area contributed by atoms with Crippen LogP contribution < -0.4 is 0 Å².